The highest BCUT2D eigenvalue weighted by Gasteiger charge is 2.21. The predicted octanol–water partition coefficient (Wildman–Crippen LogP) is 4.25. The van der Waals surface area contributed by atoms with E-state index in [0.717, 1.165) is 49.4 Å². The fourth-order valence-corrected chi connectivity index (χ4v) is 4.49. The second-order valence-corrected chi connectivity index (χ2v) is 8.14. The van der Waals surface area contributed by atoms with E-state index in [-0.39, 0.29) is 0 Å². The van der Waals surface area contributed by atoms with Crippen molar-refractivity contribution in [2.75, 3.05) is 48.4 Å². The first-order valence-electron chi connectivity index (χ1n) is 11.0. The van der Waals surface area contributed by atoms with Gasteiger partial charge >= 0.3 is 0 Å². The first kappa shape index (κ1) is 19.8. The molecular formula is C23H33N5O. The van der Waals surface area contributed by atoms with Crippen molar-refractivity contribution in [2.24, 2.45) is 0 Å². The lowest BCUT2D eigenvalue weighted by atomic mass is 10.1. The minimum absolute atomic E-state index is 0.544. The topological polar surface area (TPSA) is 53.5 Å². The molecule has 2 aromatic rings. The van der Waals surface area contributed by atoms with E-state index >= 15 is 0 Å². The van der Waals surface area contributed by atoms with E-state index in [1.807, 2.05) is 19.1 Å². The standard InChI is InChI=1S/C23H33N5O/c1-18-24-22(26-19-9-5-3-4-6-10-19)17-23(25-18)28-15-13-27(14-16-28)20-11-7-8-12-21(20)29-2/h7-8,11-12,17,19H,3-6,9-10,13-16H2,1-2H3,(H,24,25,26). The average Bonchev–Trinajstić information content (AvgIpc) is 3.02. The molecule has 2 heterocycles. The summed E-state index contributed by atoms with van der Waals surface area (Å²) in [4.78, 5) is 14.2. The molecular weight excluding hydrogens is 362 g/mol. The van der Waals surface area contributed by atoms with Gasteiger partial charge in [0.2, 0.25) is 0 Å². The molecule has 0 amide bonds. The van der Waals surface area contributed by atoms with Crippen LogP contribution in [0.4, 0.5) is 17.3 Å². The summed E-state index contributed by atoms with van der Waals surface area (Å²) < 4.78 is 5.54. The number of aromatic nitrogens is 2. The summed E-state index contributed by atoms with van der Waals surface area (Å²) in [6, 6.07) is 10.9. The summed E-state index contributed by atoms with van der Waals surface area (Å²) >= 11 is 0. The summed E-state index contributed by atoms with van der Waals surface area (Å²) in [6.45, 7) is 5.78. The second kappa shape index (κ2) is 9.33. The van der Waals surface area contributed by atoms with Gasteiger partial charge in [-0.3, -0.25) is 0 Å². The molecule has 1 aliphatic carbocycles. The summed E-state index contributed by atoms with van der Waals surface area (Å²) in [5, 5.41) is 3.69. The van der Waals surface area contributed by atoms with E-state index in [2.05, 4.69) is 38.3 Å². The summed E-state index contributed by atoms with van der Waals surface area (Å²) in [7, 11) is 1.74. The number of methoxy groups -OCH3 is 1. The molecule has 1 aromatic heterocycles. The fraction of sp³-hybridized carbons (Fsp3) is 0.565. The number of piperazine rings is 1. The summed E-state index contributed by atoms with van der Waals surface area (Å²) in [5.41, 5.74) is 1.17. The Morgan fingerprint density at radius 1 is 0.931 bits per heavy atom. The second-order valence-electron chi connectivity index (χ2n) is 8.14. The number of nitrogens with one attached hydrogen (secondary N) is 1. The van der Waals surface area contributed by atoms with Gasteiger partial charge in [-0.05, 0) is 31.9 Å². The van der Waals surface area contributed by atoms with Gasteiger partial charge in [-0.15, -0.1) is 0 Å². The van der Waals surface area contributed by atoms with Crippen molar-refractivity contribution >= 4 is 17.3 Å². The third kappa shape index (κ3) is 4.92. The molecule has 1 aromatic carbocycles. The number of rotatable bonds is 5. The first-order chi connectivity index (χ1) is 14.2. The zero-order valence-corrected chi connectivity index (χ0v) is 17.7. The Kier molecular flexibility index (Phi) is 6.37. The fourth-order valence-electron chi connectivity index (χ4n) is 4.49. The van der Waals surface area contributed by atoms with Crippen molar-refractivity contribution < 1.29 is 4.74 Å². The monoisotopic (exact) mass is 395 g/mol. The van der Waals surface area contributed by atoms with Crippen molar-refractivity contribution in [3.05, 3.63) is 36.2 Å². The lowest BCUT2D eigenvalue weighted by Crippen LogP contribution is -2.47. The Labute approximate surface area is 174 Å². The maximum atomic E-state index is 5.54. The molecule has 4 rings (SSSR count). The van der Waals surface area contributed by atoms with Crippen LogP contribution in [0, 0.1) is 6.92 Å². The highest BCUT2D eigenvalue weighted by atomic mass is 16.5. The SMILES string of the molecule is COc1ccccc1N1CCN(c2cc(NC3CCCCCC3)nc(C)n2)CC1. The third-order valence-electron chi connectivity index (χ3n) is 6.06. The van der Waals surface area contributed by atoms with Crippen LogP contribution in [0.25, 0.3) is 0 Å². The van der Waals surface area contributed by atoms with Gasteiger partial charge in [0.05, 0.1) is 12.8 Å². The smallest absolute Gasteiger partial charge is 0.142 e. The van der Waals surface area contributed by atoms with Crippen LogP contribution in [-0.2, 0) is 0 Å². The number of benzene rings is 1. The molecule has 1 saturated heterocycles. The molecule has 0 unspecified atom stereocenters. The summed E-state index contributed by atoms with van der Waals surface area (Å²) in [6.07, 6.45) is 7.86. The Bertz CT molecular complexity index is 796. The van der Waals surface area contributed by atoms with Gasteiger partial charge in [-0.2, -0.15) is 0 Å². The molecule has 29 heavy (non-hydrogen) atoms. The number of nitrogens with zero attached hydrogens (tertiary/aromatic N) is 4. The molecule has 0 spiro atoms. The van der Waals surface area contributed by atoms with Crippen molar-refractivity contribution in [2.45, 2.75) is 51.5 Å². The molecule has 6 nitrogen and oxygen atoms in total. The molecule has 6 heteroatoms. The van der Waals surface area contributed by atoms with Gasteiger partial charge in [0.15, 0.2) is 0 Å². The lowest BCUT2D eigenvalue weighted by molar-refractivity contribution is 0.413. The van der Waals surface area contributed by atoms with Gasteiger partial charge in [0, 0.05) is 38.3 Å². The minimum atomic E-state index is 0.544. The zero-order valence-electron chi connectivity index (χ0n) is 17.7. The van der Waals surface area contributed by atoms with Crippen molar-refractivity contribution in [3.63, 3.8) is 0 Å². The van der Waals surface area contributed by atoms with E-state index in [4.69, 9.17) is 9.72 Å². The number of hydrogen-bond donors (Lipinski definition) is 1. The van der Waals surface area contributed by atoms with E-state index < -0.39 is 0 Å². The van der Waals surface area contributed by atoms with E-state index in [0.29, 0.717) is 6.04 Å². The third-order valence-corrected chi connectivity index (χ3v) is 6.06. The van der Waals surface area contributed by atoms with Crippen LogP contribution in [-0.4, -0.2) is 49.3 Å². The van der Waals surface area contributed by atoms with Crippen LogP contribution >= 0.6 is 0 Å². The quantitative estimate of drug-likeness (QED) is 0.764. The van der Waals surface area contributed by atoms with Crippen LogP contribution in [0.5, 0.6) is 5.75 Å². The number of anilines is 3. The molecule has 1 aliphatic heterocycles. The highest BCUT2D eigenvalue weighted by molar-refractivity contribution is 5.60. The molecule has 0 atom stereocenters. The zero-order chi connectivity index (χ0) is 20.1. The molecule has 2 aliphatic rings. The molecule has 156 valence electrons. The van der Waals surface area contributed by atoms with Gasteiger partial charge in [-0.25, -0.2) is 9.97 Å². The first-order valence-corrected chi connectivity index (χ1v) is 11.0. The number of aryl methyl sites for hydroxylation is 1. The Morgan fingerprint density at radius 3 is 2.34 bits per heavy atom. The Balaban J connectivity index is 1.42. The molecule has 1 N–H and O–H groups in total. The summed E-state index contributed by atoms with van der Waals surface area (Å²) in [5.74, 6) is 3.79. The number of hydrogen-bond acceptors (Lipinski definition) is 6. The Morgan fingerprint density at radius 2 is 1.62 bits per heavy atom. The van der Waals surface area contributed by atoms with Crippen molar-refractivity contribution in [1.82, 2.24) is 9.97 Å². The number of ether oxygens (including phenoxy) is 1. The largest absolute Gasteiger partial charge is 0.495 e. The van der Waals surface area contributed by atoms with Gasteiger partial charge in [0.25, 0.3) is 0 Å². The molecule has 2 fully saturated rings. The van der Waals surface area contributed by atoms with E-state index in [1.54, 1.807) is 7.11 Å². The molecule has 0 bridgehead atoms. The van der Waals surface area contributed by atoms with E-state index in [1.165, 1.54) is 44.2 Å². The van der Waals surface area contributed by atoms with Crippen molar-refractivity contribution in [3.8, 4) is 5.75 Å². The average molecular weight is 396 g/mol. The normalized spacial score (nSPS) is 18.4. The van der Waals surface area contributed by atoms with Gasteiger partial charge in [-0.1, -0.05) is 37.8 Å². The predicted molar refractivity (Wildman–Crippen MR) is 119 cm³/mol. The van der Waals surface area contributed by atoms with Crippen LogP contribution in [0.3, 0.4) is 0 Å². The Hall–Kier alpha value is -2.50. The maximum absolute atomic E-state index is 5.54. The van der Waals surface area contributed by atoms with Crippen LogP contribution in [0.2, 0.25) is 0 Å². The minimum Gasteiger partial charge on any atom is -0.495 e. The van der Waals surface area contributed by atoms with Crippen LogP contribution in [0.15, 0.2) is 30.3 Å². The van der Waals surface area contributed by atoms with Gasteiger partial charge in [0.1, 0.15) is 23.2 Å². The van der Waals surface area contributed by atoms with E-state index in [9.17, 15) is 0 Å². The lowest BCUT2D eigenvalue weighted by Gasteiger charge is -2.37. The number of para-hydroxylation sites is 2. The van der Waals surface area contributed by atoms with Crippen molar-refractivity contribution in [1.29, 1.82) is 0 Å². The molecule has 0 radical (unpaired) electrons. The molecule has 1 saturated carbocycles. The van der Waals surface area contributed by atoms with Crippen LogP contribution in [0.1, 0.15) is 44.3 Å². The highest BCUT2D eigenvalue weighted by Crippen LogP contribution is 2.29. The van der Waals surface area contributed by atoms with Gasteiger partial charge < -0.3 is 19.9 Å². The maximum Gasteiger partial charge on any atom is 0.142 e. The van der Waals surface area contributed by atoms with Crippen LogP contribution < -0.4 is 19.9 Å².